The monoisotopic (exact) mass is 352 g/mol. The van der Waals surface area contributed by atoms with Gasteiger partial charge in [0.15, 0.2) is 0 Å². The lowest BCUT2D eigenvalue weighted by atomic mass is 9.80. The molecule has 2 aliphatic rings. The van der Waals surface area contributed by atoms with Gasteiger partial charge in [0.1, 0.15) is 0 Å². The normalized spacial score (nSPS) is 22.4. The smallest absolute Gasteiger partial charge is 0.254 e. The van der Waals surface area contributed by atoms with Crippen molar-refractivity contribution in [1.29, 1.82) is 0 Å². The molecule has 0 saturated carbocycles. The lowest BCUT2D eigenvalue weighted by Crippen LogP contribution is -2.40. The Bertz CT molecular complexity index is 773. The Kier molecular flexibility index (Phi) is 4.52. The summed E-state index contributed by atoms with van der Waals surface area (Å²) in [6, 6.07) is 0. The molecule has 132 valence electrons. The molecular weight excluding hydrogens is 328 g/mol. The zero-order valence-electron chi connectivity index (χ0n) is 14.3. The van der Waals surface area contributed by atoms with Gasteiger partial charge in [0, 0.05) is 26.3 Å². The molecular formula is C16H24N4O3S. The fourth-order valence-corrected chi connectivity index (χ4v) is 4.65. The van der Waals surface area contributed by atoms with Crippen molar-refractivity contribution in [1.82, 2.24) is 19.4 Å². The first-order valence-electron chi connectivity index (χ1n) is 8.24. The summed E-state index contributed by atoms with van der Waals surface area (Å²) < 4.78 is 26.6. The molecule has 0 bridgehead atoms. The van der Waals surface area contributed by atoms with Crippen LogP contribution in [0.3, 0.4) is 0 Å². The maximum Gasteiger partial charge on any atom is 0.254 e. The summed E-state index contributed by atoms with van der Waals surface area (Å²) in [5.41, 5.74) is 2.35. The Morgan fingerprint density at radius 1 is 1.33 bits per heavy atom. The van der Waals surface area contributed by atoms with Gasteiger partial charge < -0.3 is 5.32 Å². The molecule has 3 rings (SSSR count). The van der Waals surface area contributed by atoms with Gasteiger partial charge >= 0.3 is 0 Å². The number of carbonyl (C=O) groups excluding carboxylic acids is 1. The van der Waals surface area contributed by atoms with Crippen molar-refractivity contribution in [3.8, 4) is 0 Å². The summed E-state index contributed by atoms with van der Waals surface area (Å²) in [5.74, 6) is 0.647. The molecule has 1 saturated heterocycles. The highest BCUT2D eigenvalue weighted by Crippen LogP contribution is 2.33. The number of nitrogens with zero attached hydrogens (tertiary/aromatic N) is 3. The molecule has 1 aromatic rings. The lowest BCUT2D eigenvalue weighted by Gasteiger charge is -2.34. The van der Waals surface area contributed by atoms with E-state index in [-0.39, 0.29) is 5.91 Å². The first kappa shape index (κ1) is 17.2. The molecule has 1 amide bonds. The largest absolute Gasteiger partial charge is 0.355 e. The Labute approximate surface area is 142 Å². The van der Waals surface area contributed by atoms with Crippen LogP contribution in [0.15, 0.2) is 6.08 Å². The number of fused-ring (bicyclic) bond motifs is 1. The summed E-state index contributed by atoms with van der Waals surface area (Å²) in [6.07, 6.45) is 7.82. The molecule has 3 heterocycles. The highest BCUT2D eigenvalue weighted by atomic mass is 32.2. The number of piperidine rings is 1. The second-order valence-corrected chi connectivity index (χ2v) is 8.62. The van der Waals surface area contributed by atoms with Crippen molar-refractivity contribution in [2.75, 3.05) is 26.4 Å². The van der Waals surface area contributed by atoms with E-state index in [1.165, 1.54) is 6.26 Å². The number of hydrogen-bond acceptors (Lipinski definition) is 4. The minimum Gasteiger partial charge on any atom is -0.355 e. The zero-order valence-corrected chi connectivity index (χ0v) is 15.1. The Morgan fingerprint density at radius 2 is 2.00 bits per heavy atom. The first-order valence-corrected chi connectivity index (χ1v) is 10.1. The van der Waals surface area contributed by atoms with Gasteiger partial charge in [-0.15, -0.1) is 0 Å². The van der Waals surface area contributed by atoms with Gasteiger partial charge in [-0.05, 0) is 38.0 Å². The number of rotatable bonds is 3. The molecule has 2 aliphatic heterocycles. The molecule has 1 N–H and O–H groups in total. The molecule has 0 spiro atoms. The summed E-state index contributed by atoms with van der Waals surface area (Å²) in [6.45, 7) is 3.01. The summed E-state index contributed by atoms with van der Waals surface area (Å²) in [5, 5.41) is 7.11. The average molecular weight is 352 g/mol. The van der Waals surface area contributed by atoms with Gasteiger partial charge in [-0.3, -0.25) is 4.79 Å². The van der Waals surface area contributed by atoms with Crippen LogP contribution in [0.2, 0.25) is 0 Å². The van der Waals surface area contributed by atoms with E-state index in [1.807, 2.05) is 13.1 Å². The first-order chi connectivity index (χ1) is 11.3. The Hall–Kier alpha value is -1.67. The highest BCUT2D eigenvalue weighted by molar-refractivity contribution is 7.88. The number of carbonyl (C=O) groups is 1. The molecule has 8 heteroatoms. The number of aromatic nitrogens is 2. The van der Waals surface area contributed by atoms with E-state index in [1.54, 1.807) is 16.0 Å². The van der Waals surface area contributed by atoms with E-state index in [2.05, 4.69) is 16.5 Å². The van der Waals surface area contributed by atoms with Crippen LogP contribution in [-0.4, -0.2) is 54.8 Å². The number of allylic oxidation sites excluding steroid dienone is 1. The molecule has 7 nitrogen and oxygen atoms in total. The third-order valence-electron chi connectivity index (χ3n) is 5.12. The third kappa shape index (κ3) is 3.12. The summed E-state index contributed by atoms with van der Waals surface area (Å²) in [7, 11) is -1.47. The van der Waals surface area contributed by atoms with Gasteiger partial charge in [-0.1, -0.05) is 6.08 Å². The van der Waals surface area contributed by atoms with Crippen LogP contribution in [0.4, 0.5) is 0 Å². The van der Waals surface area contributed by atoms with Crippen molar-refractivity contribution < 1.29 is 13.2 Å². The van der Waals surface area contributed by atoms with Crippen LogP contribution in [0.25, 0.3) is 6.20 Å². The number of amides is 1. The maximum absolute atomic E-state index is 12.1. The van der Waals surface area contributed by atoms with Gasteiger partial charge in [-0.2, -0.15) is 5.10 Å². The fourth-order valence-electron chi connectivity index (χ4n) is 3.78. The Balaban J connectivity index is 1.75. The van der Waals surface area contributed by atoms with Crippen molar-refractivity contribution >= 4 is 22.1 Å². The number of sulfonamides is 1. The Morgan fingerprint density at radius 3 is 2.58 bits per heavy atom. The van der Waals surface area contributed by atoms with Crippen molar-refractivity contribution in [2.45, 2.75) is 26.2 Å². The number of aryl methyl sites for hydroxylation is 1. The highest BCUT2D eigenvalue weighted by Gasteiger charge is 2.32. The van der Waals surface area contributed by atoms with Crippen LogP contribution in [0.5, 0.6) is 0 Å². The van der Waals surface area contributed by atoms with Crippen LogP contribution in [0, 0.1) is 18.8 Å². The van der Waals surface area contributed by atoms with Gasteiger partial charge in [0.25, 0.3) is 5.91 Å². The summed E-state index contributed by atoms with van der Waals surface area (Å²) >= 11 is 0. The number of nitrogens with one attached hydrogen (secondary N) is 1. The van der Waals surface area contributed by atoms with E-state index in [4.69, 9.17) is 0 Å². The second-order valence-electron chi connectivity index (χ2n) is 6.64. The molecule has 24 heavy (non-hydrogen) atoms. The number of hydrogen-bond donors (Lipinski definition) is 1. The predicted molar refractivity (Wildman–Crippen MR) is 92.0 cm³/mol. The van der Waals surface area contributed by atoms with E-state index >= 15 is 0 Å². The predicted octanol–water partition coefficient (Wildman–Crippen LogP) is 0.866. The van der Waals surface area contributed by atoms with E-state index in [0.29, 0.717) is 30.5 Å². The van der Waals surface area contributed by atoms with Crippen LogP contribution in [-0.2, 0) is 16.4 Å². The van der Waals surface area contributed by atoms with Crippen LogP contribution < -0.4 is 5.32 Å². The van der Waals surface area contributed by atoms with Crippen LogP contribution in [0.1, 0.15) is 34.6 Å². The fraction of sp³-hybridized carbons (Fsp3) is 0.625. The molecule has 1 unspecified atom stereocenters. The van der Waals surface area contributed by atoms with Crippen LogP contribution >= 0.6 is 0 Å². The second kappa shape index (κ2) is 6.33. The molecule has 1 aromatic heterocycles. The molecule has 1 fully saturated rings. The van der Waals surface area contributed by atoms with E-state index in [0.717, 1.165) is 30.7 Å². The zero-order chi connectivity index (χ0) is 17.5. The van der Waals surface area contributed by atoms with Gasteiger partial charge in [-0.25, -0.2) is 17.4 Å². The maximum atomic E-state index is 12.1. The van der Waals surface area contributed by atoms with Crippen molar-refractivity contribution in [3.63, 3.8) is 0 Å². The van der Waals surface area contributed by atoms with E-state index in [9.17, 15) is 13.2 Å². The quantitative estimate of drug-likeness (QED) is 0.875. The van der Waals surface area contributed by atoms with Crippen molar-refractivity contribution in [3.05, 3.63) is 23.0 Å². The molecule has 0 radical (unpaired) electrons. The summed E-state index contributed by atoms with van der Waals surface area (Å²) in [4.78, 5) is 12.1. The SMILES string of the molecule is CNC(=O)c1c(C)nn2c1CC(C1CCN(S(C)(=O)=O)CC1)C=C2. The van der Waals surface area contributed by atoms with Gasteiger partial charge in [0.05, 0.1) is 23.2 Å². The molecule has 1 atom stereocenters. The lowest BCUT2D eigenvalue weighted by molar-refractivity contribution is 0.0961. The third-order valence-corrected chi connectivity index (χ3v) is 6.42. The van der Waals surface area contributed by atoms with Crippen molar-refractivity contribution in [2.24, 2.45) is 11.8 Å². The standard InChI is InChI=1S/C16H24N4O3S/c1-11-15(16(21)17-2)14-10-13(6-9-20(14)18-11)12-4-7-19(8-5-12)24(3,22)23/h6,9,12-13H,4-5,7-8,10H2,1-3H3,(H,17,21). The van der Waals surface area contributed by atoms with E-state index < -0.39 is 10.0 Å². The molecule has 0 aromatic carbocycles. The average Bonchev–Trinajstić information content (AvgIpc) is 2.88. The molecule has 0 aliphatic carbocycles. The minimum absolute atomic E-state index is 0.102. The minimum atomic E-state index is -3.10. The van der Waals surface area contributed by atoms with Gasteiger partial charge in [0.2, 0.25) is 10.0 Å². The topological polar surface area (TPSA) is 84.3 Å².